The van der Waals surface area contributed by atoms with Crippen molar-refractivity contribution in [2.24, 2.45) is 0 Å². The van der Waals surface area contributed by atoms with Crippen molar-refractivity contribution in [2.45, 2.75) is 32.8 Å². The van der Waals surface area contributed by atoms with Gasteiger partial charge in [0.15, 0.2) is 0 Å². The maximum atomic E-state index is 11.7. The minimum Gasteiger partial charge on any atom is -0.506 e. The summed E-state index contributed by atoms with van der Waals surface area (Å²) < 4.78 is 5.57. The van der Waals surface area contributed by atoms with Crippen LogP contribution < -0.4 is 5.32 Å². The Hall–Kier alpha value is -1.62. The molecule has 0 saturated carbocycles. The Labute approximate surface area is 107 Å². The summed E-state index contributed by atoms with van der Waals surface area (Å²) in [6.07, 6.45) is 3.10. The first-order chi connectivity index (χ1) is 8.67. The van der Waals surface area contributed by atoms with E-state index in [-0.39, 0.29) is 23.5 Å². The normalized spacial score (nSPS) is 12.1. The van der Waals surface area contributed by atoms with Gasteiger partial charge in [-0.05, 0) is 25.0 Å². The summed E-state index contributed by atoms with van der Waals surface area (Å²) in [5.41, 5.74) is 0.290. The van der Waals surface area contributed by atoms with E-state index >= 15 is 0 Å². The van der Waals surface area contributed by atoms with Crippen LogP contribution in [-0.2, 0) is 4.74 Å². The van der Waals surface area contributed by atoms with Crippen LogP contribution in [0.4, 0.5) is 0 Å². The van der Waals surface area contributed by atoms with Crippen molar-refractivity contribution in [2.75, 3.05) is 13.2 Å². The highest BCUT2D eigenvalue weighted by Crippen LogP contribution is 2.06. The fourth-order valence-corrected chi connectivity index (χ4v) is 1.42. The fraction of sp³-hybridized carbons (Fsp3) is 0.538. The summed E-state index contributed by atoms with van der Waals surface area (Å²) in [6, 6.07) is 2.92. The van der Waals surface area contributed by atoms with Crippen LogP contribution in [-0.4, -0.2) is 35.3 Å². The zero-order chi connectivity index (χ0) is 13.4. The topological polar surface area (TPSA) is 71.5 Å². The molecule has 1 rings (SSSR count). The molecule has 2 N–H and O–H groups in total. The second-order valence-corrected chi connectivity index (χ2v) is 4.01. The molecule has 1 unspecified atom stereocenters. The number of nitrogens with one attached hydrogen (secondary N) is 1. The van der Waals surface area contributed by atoms with Gasteiger partial charge in [0.05, 0.1) is 12.3 Å². The Morgan fingerprint density at radius 3 is 2.83 bits per heavy atom. The minimum absolute atomic E-state index is 0.0333. The predicted molar refractivity (Wildman–Crippen MR) is 68.6 cm³/mol. The zero-order valence-corrected chi connectivity index (χ0v) is 10.8. The van der Waals surface area contributed by atoms with E-state index in [1.54, 1.807) is 0 Å². The molecule has 0 aliphatic heterocycles. The molecule has 1 aromatic heterocycles. The predicted octanol–water partition coefficient (Wildman–Crippen LogP) is 1.72. The van der Waals surface area contributed by atoms with Crippen molar-refractivity contribution >= 4 is 5.91 Å². The van der Waals surface area contributed by atoms with E-state index in [2.05, 4.69) is 10.3 Å². The second-order valence-electron chi connectivity index (χ2n) is 4.01. The number of aromatic nitrogens is 1. The van der Waals surface area contributed by atoms with Crippen molar-refractivity contribution < 1.29 is 14.6 Å². The van der Waals surface area contributed by atoms with E-state index in [1.165, 1.54) is 18.3 Å². The van der Waals surface area contributed by atoms with Crippen LogP contribution in [0.15, 0.2) is 18.3 Å². The van der Waals surface area contributed by atoms with Gasteiger partial charge in [-0.25, -0.2) is 4.98 Å². The number of ether oxygens (including phenoxy) is 1. The molecule has 1 atom stereocenters. The molecule has 0 saturated heterocycles. The number of hydrogen-bond donors (Lipinski definition) is 2. The summed E-state index contributed by atoms with van der Waals surface area (Å²) >= 11 is 0. The first kappa shape index (κ1) is 14.4. The highest BCUT2D eigenvalue weighted by Gasteiger charge is 2.11. The Morgan fingerprint density at radius 1 is 1.50 bits per heavy atom. The average molecular weight is 252 g/mol. The van der Waals surface area contributed by atoms with Gasteiger partial charge in [-0.3, -0.25) is 4.79 Å². The number of rotatable bonds is 7. The van der Waals surface area contributed by atoms with Gasteiger partial charge in [-0.2, -0.15) is 0 Å². The van der Waals surface area contributed by atoms with Gasteiger partial charge >= 0.3 is 0 Å². The number of amides is 1. The second kappa shape index (κ2) is 7.66. The van der Waals surface area contributed by atoms with Crippen LogP contribution in [0, 0.1) is 0 Å². The molecule has 0 bridgehead atoms. The number of nitrogens with zero attached hydrogens (tertiary/aromatic N) is 1. The fourth-order valence-electron chi connectivity index (χ4n) is 1.42. The van der Waals surface area contributed by atoms with E-state index in [0.717, 1.165) is 12.8 Å². The first-order valence-corrected chi connectivity index (χ1v) is 6.22. The molecule has 1 aromatic rings. The largest absolute Gasteiger partial charge is 0.506 e. The minimum atomic E-state index is -0.256. The van der Waals surface area contributed by atoms with Gasteiger partial charge in [0.25, 0.3) is 5.91 Å². The standard InChI is InChI=1S/C13H20N2O3/c1-3-7-18-11(4-2)9-15-13(17)12-6-5-10(16)8-14-12/h5-6,8,11,16H,3-4,7,9H2,1-2H3,(H,15,17). The zero-order valence-electron chi connectivity index (χ0n) is 10.8. The summed E-state index contributed by atoms with van der Waals surface area (Å²) in [7, 11) is 0. The van der Waals surface area contributed by atoms with E-state index in [1.807, 2.05) is 13.8 Å². The summed E-state index contributed by atoms with van der Waals surface area (Å²) in [5, 5.41) is 11.8. The van der Waals surface area contributed by atoms with E-state index in [4.69, 9.17) is 9.84 Å². The van der Waals surface area contributed by atoms with E-state index < -0.39 is 0 Å². The number of carbonyl (C=O) groups excluding carboxylic acids is 1. The Bertz CT molecular complexity index is 365. The van der Waals surface area contributed by atoms with Crippen molar-refractivity contribution in [1.29, 1.82) is 0 Å². The number of carbonyl (C=O) groups is 1. The lowest BCUT2D eigenvalue weighted by molar-refractivity contribution is 0.0490. The summed E-state index contributed by atoms with van der Waals surface area (Å²) in [4.78, 5) is 15.6. The van der Waals surface area contributed by atoms with Gasteiger partial charge in [0.1, 0.15) is 11.4 Å². The number of pyridine rings is 1. The molecule has 0 aromatic carbocycles. The van der Waals surface area contributed by atoms with Crippen molar-refractivity contribution in [1.82, 2.24) is 10.3 Å². The molecule has 0 aliphatic rings. The first-order valence-electron chi connectivity index (χ1n) is 6.22. The third-order valence-electron chi connectivity index (χ3n) is 2.48. The Balaban J connectivity index is 2.42. The summed E-state index contributed by atoms with van der Waals surface area (Å²) in [6.45, 7) is 5.24. The van der Waals surface area contributed by atoms with Gasteiger partial charge in [0.2, 0.25) is 0 Å². The molecule has 5 heteroatoms. The molecule has 0 aliphatic carbocycles. The van der Waals surface area contributed by atoms with Gasteiger partial charge in [0, 0.05) is 13.2 Å². The van der Waals surface area contributed by atoms with Crippen LogP contribution >= 0.6 is 0 Å². The SMILES string of the molecule is CCCOC(CC)CNC(=O)c1ccc(O)cn1. The Kier molecular flexibility index (Phi) is 6.14. The maximum absolute atomic E-state index is 11.7. The molecule has 0 spiro atoms. The van der Waals surface area contributed by atoms with Crippen LogP contribution in [0.1, 0.15) is 37.2 Å². The molecule has 18 heavy (non-hydrogen) atoms. The van der Waals surface area contributed by atoms with E-state index in [9.17, 15) is 4.79 Å². The van der Waals surface area contributed by atoms with Gasteiger partial charge < -0.3 is 15.2 Å². The number of hydrogen-bond acceptors (Lipinski definition) is 4. The Morgan fingerprint density at radius 2 is 2.28 bits per heavy atom. The van der Waals surface area contributed by atoms with Gasteiger partial charge in [-0.1, -0.05) is 13.8 Å². The van der Waals surface area contributed by atoms with Crippen molar-refractivity contribution in [3.8, 4) is 5.75 Å². The lowest BCUT2D eigenvalue weighted by atomic mass is 10.2. The quantitative estimate of drug-likeness (QED) is 0.775. The van der Waals surface area contributed by atoms with Crippen molar-refractivity contribution in [3.05, 3.63) is 24.0 Å². The van der Waals surface area contributed by atoms with Crippen LogP contribution in [0.25, 0.3) is 0 Å². The smallest absolute Gasteiger partial charge is 0.269 e. The van der Waals surface area contributed by atoms with E-state index in [0.29, 0.717) is 13.2 Å². The molecule has 100 valence electrons. The lowest BCUT2D eigenvalue weighted by Gasteiger charge is -2.16. The molecule has 1 amide bonds. The molecule has 5 nitrogen and oxygen atoms in total. The summed E-state index contributed by atoms with van der Waals surface area (Å²) in [5.74, 6) is -0.210. The third kappa shape index (κ3) is 4.71. The average Bonchev–Trinajstić information content (AvgIpc) is 2.39. The monoisotopic (exact) mass is 252 g/mol. The highest BCUT2D eigenvalue weighted by atomic mass is 16.5. The molecule has 1 heterocycles. The molecule has 0 fully saturated rings. The highest BCUT2D eigenvalue weighted by molar-refractivity contribution is 5.92. The number of aromatic hydroxyl groups is 1. The molecular weight excluding hydrogens is 232 g/mol. The third-order valence-corrected chi connectivity index (χ3v) is 2.48. The maximum Gasteiger partial charge on any atom is 0.269 e. The molecular formula is C13H20N2O3. The van der Waals surface area contributed by atoms with Crippen LogP contribution in [0.2, 0.25) is 0 Å². The van der Waals surface area contributed by atoms with Crippen LogP contribution in [0.3, 0.4) is 0 Å². The van der Waals surface area contributed by atoms with Crippen LogP contribution in [0.5, 0.6) is 5.75 Å². The van der Waals surface area contributed by atoms with Gasteiger partial charge in [-0.15, -0.1) is 0 Å². The lowest BCUT2D eigenvalue weighted by Crippen LogP contribution is -2.33. The molecule has 0 radical (unpaired) electrons. The van der Waals surface area contributed by atoms with Crippen molar-refractivity contribution in [3.63, 3.8) is 0 Å².